The van der Waals surface area contributed by atoms with Crippen LogP contribution in [0.25, 0.3) is 0 Å². The second kappa shape index (κ2) is 7.35. The maximum atomic E-state index is 12.4. The van der Waals surface area contributed by atoms with Crippen LogP contribution in [0.5, 0.6) is 11.5 Å². The highest BCUT2D eigenvalue weighted by Crippen LogP contribution is 2.30. The molecule has 128 valence electrons. The molecule has 0 aromatic heterocycles. The molecule has 2 rings (SSSR count). The van der Waals surface area contributed by atoms with Crippen LogP contribution >= 0.6 is 0 Å². The molecular formula is C17H19NO5S. The summed E-state index contributed by atoms with van der Waals surface area (Å²) in [5, 5.41) is 2.68. The van der Waals surface area contributed by atoms with Gasteiger partial charge in [0.15, 0.2) is 21.3 Å². The van der Waals surface area contributed by atoms with Gasteiger partial charge in [0.2, 0.25) is 0 Å². The van der Waals surface area contributed by atoms with E-state index in [1.54, 1.807) is 30.3 Å². The zero-order chi connectivity index (χ0) is 17.7. The summed E-state index contributed by atoms with van der Waals surface area (Å²) in [6.07, 6.45) is 1.07. The Hall–Kier alpha value is -2.54. The summed E-state index contributed by atoms with van der Waals surface area (Å²) < 4.78 is 34.3. The van der Waals surface area contributed by atoms with Gasteiger partial charge in [0, 0.05) is 18.0 Å². The van der Waals surface area contributed by atoms with Gasteiger partial charge in [-0.15, -0.1) is 0 Å². The number of anilines is 1. The minimum absolute atomic E-state index is 0.0135. The number of carbonyl (C=O) groups excluding carboxylic acids is 1. The average molecular weight is 349 g/mol. The third kappa shape index (κ3) is 4.05. The van der Waals surface area contributed by atoms with Crippen LogP contribution in [0.15, 0.2) is 47.4 Å². The Bertz CT molecular complexity index is 846. The number of hydrogen-bond acceptors (Lipinski definition) is 5. The second-order valence-corrected chi connectivity index (χ2v) is 7.01. The van der Waals surface area contributed by atoms with Crippen molar-refractivity contribution < 1.29 is 22.7 Å². The average Bonchev–Trinajstić information content (AvgIpc) is 2.55. The number of rotatable bonds is 6. The molecule has 0 saturated heterocycles. The first-order chi connectivity index (χ1) is 11.4. The van der Waals surface area contributed by atoms with E-state index in [-0.39, 0.29) is 10.5 Å². The minimum Gasteiger partial charge on any atom is -0.493 e. The van der Waals surface area contributed by atoms with Crippen LogP contribution in [-0.4, -0.2) is 34.3 Å². The first-order valence-corrected chi connectivity index (χ1v) is 9.17. The first kappa shape index (κ1) is 17.8. The number of ether oxygens (including phenoxy) is 2. The third-order valence-corrected chi connectivity index (χ3v) is 4.41. The van der Waals surface area contributed by atoms with E-state index in [4.69, 9.17) is 9.47 Å². The predicted molar refractivity (Wildman–Crippen MR) is 91.7 cm³/mol. The number of carbonyl (C=O) groups is 1. The molecule has 2 aromatic rings. The fourth-order valence-electron chi connectivity index (χ4n) is 2.20. The topological polar surface area (TPSA) is 81.7 Å². The van der Waals surface area contributed by atoms with Crippen molar-refractivity contribution >= 4 is 21.4 Å². The summed E-state index contributed by atoms with van der Waals surface area (Å²) in [5.41, 5.74) is 0.566. The number of nitrogens with one attached hydrogen (secondary N) is 1. The Kier molecular flexibility index (Phi) is 5.46. The van der Waals surface area contributed by atoms with Crippen LogP contribution in [0, 0.1) is 0 Å². The minimum atomic E-state index is -3.50. The Morgan fingerprint density at radius 1 is 1.12 bits per heavy atom. The van der Waals surface area contributed by atoms with Gasteiger partial charge in [-0.05, 0) is 31.2 Å². The van der Waals surface area contributed by atoms with E-state index in [1.165, 1.54) is 19.2 Å². The normalized spacial score (nSPS) is 11.0. The van der Waals surface area contributed by atoms with Crippen LogP contribution in [0.1, 0.15) is 17.3 Å². The van der Waals surface area contributed by atoms with E-state index in [2.05, 4.69) is 5.32 Å². The molecule has 0 aliphatic rings. The van der Waals surface area contributed by atoms with Crippen molar-refractivity contribution in [1.82, 2.24) is 0 Å². The number of methoxy groups -OCH3 is 1. The summed E-state index contributed by atoms with van der Waals surface area (Å²) in [6, 6.07) is 11.0. The molecule has 0 atom stereocenters. The van der Waals surface area contributed by atoms with Crippen molar-refractivity contribution in [3.05, 3.63) is 48.0 Å². The molecule has 0 unspecified atom stereocenters. The van der Waals surface area contributed by atoms with Crippen molar-refractivity contribution in [1.29, 1.82) is 0 Å². The van der Waals surface area contributed by atoms with E-state index in [0.717, 1.165) is 6.26 Å². The van der Waals surface area contributed by atoms with Crippen LogP contribution in [0.2, 0.25) is 0 Å². The molecule has 0 aliphatic carbocycles. The lowest BCUT2D eigenvalue weighted by Gasteiger charge is -2.12. The molecule has 0 radical (unpaired) electrons. The van der Waals surface area contributed by atoms with E-state index in [0.29, 0.717) is 23.8 Å². The molecule has 0 spiro atoms. The monoisotopic (exact) mass is 349 g/mol. The molecule has 2 aromatic carbocycles. The number of hydrogen-bond donors (Lipinski definition) is 1. The lowest BCUT2D eigenvalue weighted by Crippen LogP contribution is -2.16. The highest BCUT2D eigenvalue weighted by atomic mass is 32.2. The standard InChI is InChI=1S/C17H19NO5S/c1-4-23-14-10-9-12(11-15(14)22-2)18-17(19)13-7-5-6-8-16(13)24(3,20)21/h5-11H,4H2,1-3H3,(H,18,19). The summed E-state index contributed by atoms with van der Waals surface area (Å²) >= 11 is 0. The Balaban J connectivity index is 2.31. The van der Waals surface area contributed by atoms with Crippen molar-refractivity contribution in [2.75, 3.05) is 25.3 Å². The molecule has 24 heavy (non-hydrogen) atoms. The fraction of sp³-hybridized carbons (Fsp3) is 0.235. The van der Waals surface area contributed by atoms with Crippen molar-refractivity contribution in [2.45, 2.75) is 11.8 Å². The molecular weight excluding hydrogens is 330 g/mol. The smallest absolute Gasteiger partial charge is 0.256 e. The third-order valence-electron chi connectivity index (χ3n) is 3.25. The van der Waals surface area contributed by atoms with E-state index >= 15 is 0 Å². The molecule has 7 heteroatoms. The van der Waals surface area contributed by atoms with Gasteiger partial charge in [0.1, 0.15) is 0 Å². The van der Waals surface area contributed by atoms with Gasteiger partial charge in [0.25, 0.3) is 5.91 Å². The van der Waals surface area contributed by atoms with Gasteiger partial charge in [0.05, 0.1) is 24.2 Å². The number of benzene rings is 2. The van der Waals surface area contributed by atoms with E-state index < -0.39 is 15.7 Å². The maximum absolute atomic E-state index is 12.4. The SMILES string of the molecule is CCOc1ccc(NC(=O)c2ccccc2S(C)(=O)=O)cc1OC. The summed E-state index contributed by atoms with van der Waals surface area (Å²) in [5.74, 6) is 0.530. The maximum Gasteiger partial charge on any atom is 0.256 e. The van der Waals surface area contributed by atoms with Gasteiger partial charge < -0.3 is 14.8 Å². The molecule has 6 nitrogen and oxygen atoms in total. The van der Waals surface area contributed by atoms with Crippen molar-refractivity contribution in [2.24, 2.45) is 0 Å². The molecule has 0 fully saturated rings. The lowest BCUT2D eigenvalue weighted by molar-refractivity contribution is 0.102. The second-order valence-electron chi connectivity index (χ2n) is 5.02. The zero-order valence-electron chi connectivity index (χ0n) is 13.7. The first-order valence-electron chi connectivity index (χ1n) is 7.28. The number of amides is 1. The van der Waals surface area contributed by atoms with Gasteiger partial charge in [-0.1, -0.05) is 12.1 Å². The molecule has 0 saturated carbocycles. The fourth-order valence-corrected chi connectivity index (χ4v) is 3.08. The Labute approximate surface area is 141 Å². The molecule has 0 aliphatic heterocycles. The van der Waals surface area contributed by atoms with Gasteiger partial charge >= 0.3 is 0 Å². The highest BCUT2D eigenvalue weighted by Gasteiger charge is 2.18. The quantitative estimate of drug-likeness (QED) is 0.867. The predicted octanol–water partition coefficient (Wildman–Crippen LogP) is 2.75. The summed E-state index contributed by atoms with van der Waals surface area (Å²) in [4.78, 5) is 12.4. The largest absolute Gasteiger partial charge is 0.493 e. The van der Waals surface area contributed by atoms with E-state index in [1.807, 2.05) is 6.92 Å². The van der Waals surface area contributed by atoms with Crippen molar-refractivity contribution in [3.63, 3.8) is 0 Å². The van der Waals surface area contributed by atoms with Crippen LogP contribution in [0.3, 0.4) is 0 Å². The molecule has 1 N–H and O–H groups in total. The molecule has 0 heterocycles. The highest BCUT2D eigenvalue weighted by molar-refractivity contribution is 7.90. The van der Waals surface area contributed by atoms with Crippen LogP contribution in [0.4, 0.5) is 5.69 Å². The van der Waals surface area contributed by atoms with E-state index in [9.17, 15) is 13.2 Å². The Morgan fingerprint density at radius 3 is 2.46 bits per heavy atom. The van der Waals surface area contributed by atoms with Crippen LogP contribution in [-0.2, 0) is 9.84 Å². The van der Waals surface area contributed by atoms with Gasteiger partial charge in [-0.2, -0.15) is 0 Å². The zero-order valence-corrected chi connectivity index (χ0v) is 14.5. The molecule has 1 amide bonds. The lowest BCUT2D eigenvalue weighted by atomic mass is 10.2. The Morgan fingerprint density at radius 2 is 1.83 bits per heavy atom. The van der Waals surface area contributed by atoms with Gasteiger partial charge in [-0.3, -0.25) is 4.79 Å². The number of sulfone groups is 1. The molecule has 0 bridgehead atoms. The van der Waals surface area contributed by atoms with Gasteiger partial charge in [-0.25, -0.2) is 8.42 Å². The van der Waals surface area contributed by atoms with Crippen molar-refractivity contribution in [3.8, 4) is 11.5 Å². The summed E-state index contributed by atoms with van der Waals surface area (Å²) in [6.45, 7) is 2.35. The summed E-state index contributed by atoms with van der Waals surface area (Å²) in [7, 11) is -2.00. The van der Waals surface area contributed by atoms with Crippen LogP contribution < -0.4 is 14.8 Å².